The van der Waals surface area contributed by atoms with Gasteiger partial charge in [-0.2, -0.15) is 0 Å². The topological polar surface area (TPSA) is 86.2 Å². The van der Waals surface area contributed by atoms with Crippen LogP contribution < -0.4 is 5.56 Å². The maximum absolute atomic E-state index is 14.1. The highest BCUT2D eigenvalue weighted by Crippen LogP contribution is 2.68. The number of rotatable bonds is 4. The van der Waals surface area contributed by atoms with E-state index in [-0.39, 0.29) is 33.9 Å². The van der Waals surface area contributed by atoms with Crippen LogP contribution in [-0.2, 0) is 6.42 Å². The van der Waals surface area contributed by atoms with Crippen molar-refractivity contribution in [3.05, 3.63) is 39.9 Å². The smallest absolute Gasteiger partial charge is 0.261 e. The van der Waals surface area contributed by atoms with Gasteiger partial charge in [0.2, 0.25) is 0 Å². The Hall–Kier alpha value is -1.86. The van der Waals surface area contributed by atoms with Crippen LogP contribution in [0.2, 0.25) is 0 Å². The molecule has 7 heteroatoms. The number of aromatic amines is 1. The van der Waals surface area contributed by atoms with Crippen molar-refractivity contribution in [2.24, 2.45) is 46.3 Å². The molecule has 0 saturated heterocycles. The average molecular weight is 529 g/mol. The Balaban J connectivity index is 1.18. The molecule has 4 saturated carbocycles. The van der Waals surface area contributed by atoms with Crippen molar-refractivity contribution < 1.29 is 19.0 Å². The van der Waals surface area contributed by atoms with Crippen molar-refractivity contribution in [2.45, 2.75) is 97.2 Å². The van der Waals surface area contributed by atoms with Crippen LogP contribution in [0.3, 0.4) is 0 Å². The zero-order valence-electron chi connectivity index (χ0n) is 22.9. The normalized spacial score (nSPS) is 41.4. The van der Waals surface area contributed by atoms with Crippen LogP contribution in [-0.4, -0.2) is 32.4 Å². The number of aryl methyl sites for hydroxylation is 1. The highest BCUT2D eigenvalue weighted by molar-refractivity contribution is 5.78. The van der Waals surface area contributed by atoms with Crippen LogP contribution in [0, 0.1) is 58.0 Å². The lowest BCUT2D eigenvalue weighted by Crippen LogP contribution is -2.58. The molecule has 6 rings (SSSR count). The fourth-order valence-corrected chi connectivity index (χ4v) is 10.1. The third-order valence-electron chi connectivity index (χ3n) is 12.1. The third-order valence-corrected chi connectivity index (χ3v) is 12.1. The van der Waals surface area contributed by atoms with Gasteiger partial charge in [-0.3, -0.25) is 4.79 Å². The minimum absolute atomic E-state index is 0.184. The molecule has 0 amide bonds. The first kappa shape index (κ1) is 26.4. The summed E-state index contributed by atoms with van der Waals surface area (Å²) in [7, 11) is 0. The van der Waals surface area contributed by atoms with Crippen LogP contribution >= 0.6 is 0 Å². The maximum atomic E-state index is 14.1. The van der Waals surface area contributed by atoms with Gasteiger partial charge in [-0.1, -0.05) is 20.8 Å². The Bertz CT molecular complexity index is 1280. The third kappa shape index (κ3) is 3.97. The molecule has 4 aliphatic carbocycles. The molecule has 1 aromatic carbocycles. The summed E-state index contributed by atoms with van der Waals surface area (Å²) in [6.07, 6.45) is 9.23. The lowest BCUT2D eigenvalue weighted by molar-refractivity contribution is -0.174. The number of nitrogens with zero attached hydrogens (tertiary/aromatic N) is 1. The maximum Gasteiger partial charge on any atom is 0.261 e. The molecule has 1 heterocycles. The number of H-pyrrole nitrogens is 1. The zero-order chi connectivity index (χ0) is 27.0. The second kappa shape index (κ2) is 9.36. The number of hydrogen-bond acceptors (Lipinski definition) is 4. The number of aliphatic hydroxyl groups excluding tert-OH is 2. The minimum atomic E-state index is -1.15. The number of aromatic nitrogens is 2. The van der Waals surface area contributed by atoms with Crippen molar-refractivity contribution in [1.29, 1.82) is 0 Å². The molecule has 0 spiro atoms. The van der Waals surface area contributed by atoms with Gasteiger partial charge in [-0.25, -0.2) is 13.8 Å². The Kier molecular flexibility index (Phi) is 6.50. The number of halogens is 2. The number of benzene rings is 1. The summed E-state index contributed by atoms with van der Waals surface area (Å²) in [6.45, 7) is 7.21. The molecular weight excluding hydrogens is 486 g/mol. The van der Waals surface area contributed by atoms with E-state index in [0.717, 1.165) is 57.4 Å². The molecule has 1 aromatic heterocycles. The Morgan fingerprint density at radius 1 is 1.05 bits per heavy atom. The van der Waals surface area contributed by atoms with E-state index in [1.165, 1.54) is 12.5 Å². The first-order valence-electron chi connectivity index (χ1n) is 14.8. The minimum Gasteiger partial charge on any atom is -0.393 e. The van der Waals surface area contributed by atoms with E-state index in [2.05, 4.69) is 30.7 Å². The lowest BCUT2D eigenvalue weighted by atomic mass is 9.43. The fourth-order valence-electron chi connectivity index (χ4n) is 10.1. The van der Waals surface area contributed by atoms with Gasteiger partial charge < -0.3 is 15.2 Å². The van der Waals surface area contributed by atoms with Gasteiger partial charge in [0, 0.05) is 6.42 Å². The van der Waals surface area contributed by atoms with E-state index < -0.39 is 17.2 Å². The molecule has 38 heavy (non-hydrogen) atoms. The van der Waals surface area contributed by atoms with E-state index in [0.29, 0.717) is 47.8 Å². The highest BCUT2D eigenvalue weighted by atomic mass is 19.2. The van der Waals surface area contributed by atoms with E-state index >= 15 is 0 Å². The lowest BCUT2D eigenvalue weighted by Gasteiger charge is -2.62. The van der Waals surface area contributed by atoms with Crippen LogP contribution in [0.4, 0.5) is 8.78 Å². The van der Waals surface area contributed by atoms with Crippen molar-refractivity contribution >= 4 is 10.9 Å². The predicted molar refractivity (Wildman–Crippen MR) is 142 cm³/mol. The zero-order valence-corrected chi connectivity index (χ0v) is 22.9. The van der Waals surface area contributed by atoms with Crippen molar-refractivity contribution in [3.63, 3.8) is 0 Å². The molecule has 3 N–H and O–H groups in total. The Morgan fingerprint density at radius 2 is 1.79 bits per heavy atom. The van der Waals surface area contributed by atoms with Gasteiger partial charge in [0.15, 0.2) is 11.6 Å². The summed E-state index contributed by atoms with van der Waals surface area (Å²) >= 11 is 0. The van der Waals surface area contributed by atoms with Gasteiger partial charge in [0.1, 0.15) is 11.2 Å². The number of fused-ring (bicyclic) bond motifs is 6. The van der Waals surface area contributed by atoms with Crippen LogP contribution in [0.1, 0.15) is 84.4 Å². The summed E-state index contributed by atoms with van der Waals surface area (Å²) in [5.41, 5.74) is -0.0300. The molecule has 4 aliphatic rings. The highest BCUT2D eigenvalue weighted by Gasteiger charge is 2.62. The Morgan fingerprint density at radius 3 is 2.58 bits per heavy atom. The van der Waals surface area contributed by atoms with Crippen molar-refractivity contribution in [2.75, 3.05) is 0 Å². The summed E-state index contributed by atoms with van der Waals surface area (Å²) in [4.78, 5) is 19.6. The Labute approximate surface area is 223 Å². The van der Waals surface area contributed by atoms with Gasteiger partial charge in [0.05, 0.1) is 17.7 Å². The molecule has 0 aliphatic heterocycles. The SMILES string of the molecule is C[C@H](CCc1nc2ccc(F)c(F)c2c(=O)[nH]1)[C@H]1CC[C@H]2[C@H]3C(CC[C@]12C)[C@@]1(C)CC[C@@H](O)C[C@H]1C[C@@H]3O. The first-order chi connectivity index (χ1) is 18.0. The summed E-state index contributed by atoms with van der Waals surface area (Å²) in [5, 5.41) is 21.5. The van der Waals surface area contributed by atoms with Crippen LogP contribution in [0.15, 0.2) is 16.9 Å². The molecule has 208 valence electrons. The molecule has 5 nitrogen and oxygen atoms in total. The molecule has 1 unspecified atom stereocenters. The summed E-state index contributed by atoms with van der Waals surface area (Å²) in [6, 6.07) is 2.38. The summed E-state index contributed by atoms with van der Waals surface area (Å²) in [5.74, 6) is 1.10. The van der Waals surface area contributed by atoms with Gasteiger partial charge in [0.25, 0.3) is 5.56 Å². The fraction of sp³-hybridized carbons (Fsp3) is 0.742. The average Bonchev–Trinajstić information content (AvgIpc) is 3.23. The quantitative estimate of drug-likeness (QED) is 0.471. The molecule has 4 fully saturated rings. The molecule has 0 radical (unpaired) electrons. The van der Waals surface area contributed by atoms with E-state index in [1.807, 2.05) is 0 Å². The number of aliphatic hydroxyl groups is 2. The molecule has 2 aromatic rings. The number of nitrogens with one attached hydrogen (secondary N) is 1. The van der Waals surface area contributed by atoms with Gasteiger partial charge in [-0.05, 0) is 116 Å². The first-order valence-corrected chi connectivity index (χ1v) is 14.8. The number of hydrogen-bond donors (Lipinski definition) is 3. The molecular formula is C31H42F2N2O3. The van der Waals surface area contributed by atoms with Crippen molar-refractivity contribution in [1.82, 2.24) is 9.97 Å². The van der Waals surface area contributed by atoms with E-state index in [1.54, 1.807) is 0 Å². The second-order valence-corrected chi connectivity index (χ2v) is 13.7. The van der Waals surface area contributed by atoms with Crippen LogP contribution in [0.5, 0.6) is 0 Å². The van der Waals surface area contributed by atoms with Crippen LogP contribution in [0.25, 0.3) is 10.9 Å². The van der Waals surface area contributed by atoms with Gasteiger partial charge >= 0.3 is 0 Å². The monoisotopic (exact) mass is 528 g/mol. The van der Waals surface area contributed by atoms with E-state index in [4.69, 9.17) is 0 Å². The molecule has 0 bridgehead atoms. The van der Waals surface area contributed by atoms with Gasteiger partial charge in [-0.15, -0.1) is 0 Å². The predicted octanol–water partition coefficient (Wildman–Crippen LogP) is 5.76. The summed E-state index contributed by atoms with van der Waals surface area (Å²) < 4.78 is 27.7. The van der Waals surface area contributed by atoms with E-state index in [9.17, 15) is 23.8 Å². The largest absolute Gasteiger partial charge is 0.393 e. The standard InChI is InChI=1S/C31H42F2N2O3/c1-16(4-9-25-34-23-8-7-22(32)28(33)27(23)29(38)35-25)19-5-6-20-26-21(11-13-31(19,20)3)30(2)12-10-18(36)14-17(30)15-24(26)37/h7-8,16-21,24,26,36-37H,4-6,9-15H2,1-3H3,(H,34,35,38)/t16-,17+,18-,19-,20+,21?,24+,26+,30+,31-/m1/s1. The second-order valence-electron chi connectivity index (χ2n) is 13.7. The molecule has 10 atom stereocenters. The van der Waals surface area contributed by atoms with Crippen molar-refractivity contribution in [3.8, 4) is 0 Å².